The first kappa shape index (κ1) is 18.4. The van der Waals surface area contributed by atoms with Crippen molar-refractivity contribution in [3.05, 3.63) is 0 Å². The minimum absolute atomic E-state index is 0.0717. The Balaban J connectivity index is 1.22. The summed E-state index contributed by atoms with van der Waals surface area (Å²) < 4.78 is 12.9. The van der Waals surface area contributed by atoms with Gasteiger partial charge in [-0.2, -0.15) is 0 Å². The average Bonchev–Trinajstić information content (AvgIpc) is 3.22. The summed E-state index contributed by atoms with van der Waals surface area (Å²) in [6, 6.07) is 0. The monoisotopic (exact) mass is 375 g/mol. The number of carbonyl (C=O) groups is 1. The maximum absolute atomic E-state index is 12.0. The predicted molar refractivity (Wildman–Crippen MR) is 103 cm³/mol. The van der Waals surface area contributed by atoms with Gasteiger partial charge < -0.3 is 19.7 Å². The van der Waals surface area contributed by atoms with E-state index in [0.717, 1.165) is 63.7 Å². The second-order valence-electron chi connectivity index (χ2n) is 10.8. The summed E-state index contributed by atoms with van der Waals surface area (Å²) >= 11 is 0. The second kappa shape index (κ2) is 5.73. The molecule has 6 rings (SSSR count). The molecular formula is C21H34BNO4. The molecule has 2 saturated heterocycles. The number of hydrogen-bond acceptors (Lipinski definition) is 4. The molecule has 27 heavy (non-hydrogen) atoms. The van der Waals surface area contributed by atoms with Gasteiger partial charge in [0.1, 0.15) is 5.54 Å². The number of carboxylic acids is 1. The molecule has 2 N–H and O–H groups in total. The van der Waals surface area contributed by atoms with Crippen LogP contribution >= 0.6 is 0 Å². The lowest BCUT2D eigenvalue weighted by molar-refractivity contribution is -0.199. The zero-order chi connectivity index (χ0) is 19.1. The van der Waals surface area contributed by atoms with Crippen LogP contribution in [0.3, 0.4) is 0 Å². The number of nitrogens with one attached hydrogen (secondary N) is 1. The fourth-order valence-electron chi connectivity index (χ4n) is 7.86. The normalized spacial score (nSPS) is 49.6. The molecule has 4 aliphatic carbocycles. The molecule has 0 aromatic heterocycles. The van der Waals surface area contributed by atoms with Crippen LogP contribution in [0.4, 0.5) is 0 Å². The van der Waals surface area contributed by atoms with Gasteiger partial charge in [-0.1, -0.05) is 26.7 Å². The van der Waals surface area contributed by atoms with Gasteiger partial charge >= 0.3 is 13.1 Å². The van der Waals surface area contributed by atoms with E-state index in [1.54, 1.807) is 0 Å². The van der Waals surface area contributed by atoms with Gasteiger partial charge in [0.2, 0.25) is 0 Å². The zero-order valence-corrected chi connectivity index (χ0v) is 17.1. The minimum atomic E-state index is -0.685. The summed E-state index contributed by atoms with van der Waals surface area (Å²) in [4.78, 5) is 12.0. The van der Waals surface area contributed by atoms with Gasteiger partial charge in [-0.05, 0) is 75.6 Å². The molecule has 150 valence electrons. The fraction of sp³-hybridized carbons (Fsp3) is 0.952. The molecule has 4 saturated carbocycles. The van der Waals surface area contributed by atoms with Gasteiger partial charge in [0.05, 0.1) is 11.7 Å². The number of aliphatic carboxylic acids is 1. The molecule has 0 spiro atoms. The van der Waals surface area contributed by atoms with E-state index >= 15 is 0 Å². The van der Waals surface area contributed by atoms with E-state index in [1.165, 1.54) is 6.42 Å². The largest absolute Gasteiger partial charge is 0.480 e. The molecule has 2 aliphatic heterocycles. The summed E-state index contributed by atoms with van der Waals surface area (Å²) in [6.07, 6.45) is 9.33. The molecule has 5 nitrogen and oxygen atoms in total. The molecule has 0 radical (unpaired) electrons. The van der Waals surface area contributed by atoms with Crippen LogP contribution < -0.4 is 5.32 Å². The standard InChI is InChI=1S/C21H34BNO4/c1-18(2)14-12-15(18)19(3)16(13-14)26-22(27-19)10-5-7-20-6-4-8-21(20,17(24)25)23-11-9-20/h14-16,23H,4-13H2,1-3H3,(H,24,25). The quantitative estimate of drug-likeness (QED) is 0.720. The highest BCUT2D eigenvalue weighted by molar-refractivity contribution is 6.45. The lowest BCUT2D eigenvalue weighted by atomic mass is 9.43. The van der Waals surface area contributed by atoms with E-state index in [-0.39, 0.29) is 24.2 Å². The van der Waals surface area contributed by atoms with Crippen molar-refractivity contribution < 1.29 is 19.2 Å². The van der Waals surface area contributed by atoms with Crippen LogP contribution in [0, 0.1) is 22.7 Å². The van der Waals surface area contributed by atoms with Gasteiger partial charge in [-0.3, -0.25) is 4.79 Å². The molecule has 6 fully saturated rings. The van der Waals surface area contributed by atoms with E-state index in [0.29, 0.717) is 11.3 Å². The predicted octanol–water partition coefficient (Wildman–Crippen LogP) is 3.48. The van der Waals surface area contributed by atoms with Gasteiger partial charge in [0.25, 0.3) is 0 Å². The SMILES string of the molecule is CC1(C)C2CC3OB(CCCC45CCCC4(C(=O)O)NCC5)OC3(C)C1C2. The molecule has 6 atom stereocenters. The van der Waals surface area contributed by atoms with Crippen molar-refractivity contribution in [2.75, 3.05) is 6.54 Å². The lowest BCUT2D eigenvalue weighted by Gasteiger charge is -2.64. The van der Waals surface area contributed by atoms with Crippen molar-refractivity contribution in [2.24, 2.45) is 22.7 Å². The van der Waals surface area contributed by atoms with Gasteiger partial charge in [-0.25, -0.2) is 0 Å². The molecular weight excluding hydrogens is 341 g/mol. The topological polar surface area (TPSA) is 67.8 Å². The first-order valence-electron chi connectivity index (χ1n) is 11.1. The van der Waals surface area contributed by atoms with Crippen molar-refractivity contribution in [3.8, 4) is 0 Å². The van der Waals surface area contributed by atoms with Crippen molar-refractivity contribution in [2.45, 2.75) is 95.7 Å². The molecule has 6 heteroatoms. The molecule has 6 aliphatic rings. The fourth-order valence-corrected chi connectivity index (χ4v) is 7.86. The summed E-state index contributed by atoms with van der Waals surface area (Å²) in [5, 5.41) is 13.3. The summed E-state index contributed by atoms with van der Waals surface area (Å²) in [7, 11) is -0.110. The molecule has 2 bridgehead atoms. The van der Waals surface area contributed by atoms with Gasteiger partial charge in [0, 0.05) is 5.41 Å². The minimum Gasteiger partial charge on any atom is -0.480 e. The Bertz CT molecular complexity index is 642. The van der Waals surface area contributed by atoms with Crippen LogP contribution in [0.2, 0.25) is 6.32 Å². The highest BCUT2D eigenvalue weighted by Crippen LogP contribution is 2.66. The van der Waals surface area contributed by atoms with Crippen LogP contribution in [0.5, 0.6) is 0 Å². The van der Waals surface area contributed by atoms with Crippen molar-refractivity contribution >= 4 is 13.1 Å². The van der Waals surface area contributed by atoms with E-state index in [1.807, 2.05) is 0 Å². The number of hydrogen-bond donors (Lipinski definition) is 2. The third kappa shape index (κ3) is 2.27. The number of fused-ring (bicyclic) bond motifs is 1. The van der Waals surface area contributed by atoms with Crippen molar-refractivity contribution in [1.82, 2.24) is 5.32 Å². The van der Waals surface area contributed by atoms with Gasteiger partial charge in [-0.15, -0.1) is 0 Å². The Hall–Kier alpha value is -0.585. The van der Waals surface area contributed by atoms with Crippen molar-refractivity contribution in [1.29, 1.82) is 0 Å². The number of rotatable bonds is 5. The summed E-state index contributed by atoms with van der Waals surface area (Å²) in [5.41, 5.74) is -0.509. The Morgan fingerprint density at radius 2 is 2.04 bits per heavy atom. The molecule has 0 aromatic rings. The summed E-state index contributed by atoms with van der Waals surface area (Å²) in [5.74, 6) is 0.735. The molecule has 0 aromatic carbocycles. The third-order valence-corrected chi connectivity index (χ3v) is 9.60. The maximum Gasteiger partial charge on any atom is 0.457 e. The third-order valence-electron chi connectivity index (χ3n) is 9.60. The van der Waals surface area contributed by atoms with Crippen LogP contribution in [-0.2, 0) is 14.1 Å². The van der Waals surface area contributed by atoms with E-state index in [9.17, 15) is 9.90 Å². The van der Waals surface area contributed by atoms with E-state index in [2.05, 4.69) is 26.1 Å². The smallest absolute Gasteiger partial charge is 0.457 e. The van der Waals surface area contributed by atoms with Crippen LogP contribution in [0.1, 0.15) is 72.1 Å². The number of carboxylic acid groups (broad SMARTS) is 1. The highest BCUT2D eigenvalue weighted by atomic mass is 16.7. The Labute approximate surface area is 163 Å². The Morgan fingerprint density at radius 1 is 1.22 bits per heavy atom. The lowest BCUT2D eigenvalue weighted by Crippen LogP contribution is -2.65. The van der Waals surface area contributed by atoms with Crippen LogP contribution in [-0.4, -0.2) is 42.0 Å². The van der Waals surface area contributed by atoms with E-state index in [4.69, 9.17) is 9.31 Å². The first-order valence-corrected chi connectivity index (χ1v) is 11.1. The Morgan fingerprint density at radius 3 is 2.78 bits per heavy atom. The highest BCUT2D eigenvalue weighted by Gasteiger charge is 2.68. The van der Waals surface area contributed by atoms with E-state index < -0.39 is 11.5 Å². The zero-order valence-electron chi connectivity index (χ0n) is 17.1. The maximum atomic E-state index is 12.0. The van der Waals surface area contributed by atoms with Crippen LogP contribution in [0.15, 0.2) is 0 Å². The molecule has 0 amide bonds. The molecule has 6 unspecified atom stereocenters. The van der Waals surface area contributed by atoms with Crippen LogP contribution in [0.25, 0.3) is 0 Å². The summed E-state index contributed by atoms with van der Waals surface area (Å²) in [6.45, 7) is 7.89. The van der Waals surface area contributed by atoms with Gasteiger partial charge in [0.15, 0.2) is 0 Å². The Kier molecular flexibility index (Phi) is 3.91. The average molecular weight is 375 g/mol. The molecule has 2 heterocycles. The first-order chi connectivity index (χ1) is 12.7. The second-order valence-corrected chi connectivity index (χ2v) is 10.8. The van der Waals surface area contributed by atoms with Crippen molar-refractivity contribution in [3.63, 3.8) is 0 Å².